The zero-order valence-electron chi connectivity index (χ0n) is 4.38. The average Bonchev–Trinajstić information content (AvgIpc) is 1.31. The molecule has 0 aliphatic carbocycles. The summed E-state index contributed by atoms with van der Waals surface area (Å²) in [5.74, 6) is 0. The van der Waals surface area contributed by atoms with Gasteiger partial charge in [0.1, 0.15) is 0 Å². The topological polar surface area (TPSA) is 122 Å². The summed E-state index contributed by atoms with van der Waals surface area (Å²) < 4.78 is 43.0. The van der Waals surface area contributed by atoms with Gasteiger partial charge < -0.3 is 5.48 Å². The van der Waals surface area contributed by atoms with E-state index in [4.69, 9.17) is 9.11 Å². The molecule has 3 N–H and O–H groups in total. The smallest absolute Gasteiger partial charge is 0.870 e. The van der Waals surface area contributed by atoms with Crippen LogP contribution < -0.4 is 29.6 Å². The molecule has 0 bridgehead atoms. The van der Waals surface area contributed by atoms with Gasteiger partial charge in [-0.3, -0.25) is 9.11 Å². The third kappa shape index (κ3) is 8.98. The van der Waals surface area contributed by atoms with Gasteiger partial charge in [-0.2, -0.15) is 8.42 Å². The Morgan fingerprint density at radius 2 is 1.44 bits per heavy atom. The van der Waals surface area contributed by atoms with Crippen LogP contribution in [-0.2, 0) is 19.3 Å². The molecule has 52 valence electrons. The van der Waals surface area contributed by atoms with Crippen molar-refractivity contribution in [2.24, 2.45) is 0 Å². The van der Waals surface area contributed by atoms with Crippen LogP contribution in [0, 0.1) is 0 Å². The van der Waals surface area contributed by atoms with Crippen molar-refractivity contribution in [2.45, 2.75) is 0 Å². The summed E-state index contributed by atoms with van der Waals surface area (Å²) in [6.45, 7) is 0. The number of hydrogen-bond acceptors (Lipinski definition) is 4. The van der Waals surface area contributed by atoms with Gasteiger partial charge in [0.05, 0.1) is 0 Å². The van der Waals surface area contributed by atoms with E-state index in [1.807, 2.05) is 0 Å². The predicted octanol–water partition coefficient (Wildman–Crippen LogP) is -4.16. The van der Waals surface area contributed by atoms with E-state index in [-0.39, 0.29) is 35.0 Å². The fourth-order valence-corrected chi connectivity index (χ4v) is 0. The fraction of sp³-hybridized carbons (Fsp3) is 0. The molecule has 0 fully saturated rings. The van der Waals surface area contributed by atoms with Crippen molar-refractivity contribution in [3.63, 3.8) is 0 Å². The summed E-state index contributed by atoms with van der Waals surface area (Å²) in [6, 6.07) is 0. The quantitative estimate of drug-likeness (QED) is 0.185. The molecule has 0 aromatic rings. The van der Waals surface area contributed by atoms with Gasteiger partial charge in [-0.15, -0.1) is 0 Å². The summed E-state index contributed by atoms with van der Waals surface area (Å²) in [7, 11) is -7.87. The Hall–Kier alpha value is 0.980. The Labute approximate surface area is 75.7 Å². The van der Waals surface area contributed by atoms with Crippen molar-refractivity contribution >= 4 is 19.3 Å². The fourth-order valence-electron chi connectivity index (χ4n) is 0. The molecular formula is H3NaO6S2. The molecule has 0 aliphatic heterocycles. The maximum Gasteiger partial charge on any atom is 1.00 e. The molecule has 0 aromatic carbocycles. The van der Waals surface area contributed by atoms with Gasteiger partial charge in [0.25, 0.3) is 0 Å². The molecule has 1 atom stereocenters. The standard InChI is InChI=1S/Na.H2O5S2.H2O/c;1-6(2)7(3,4)5;/h;(H,1,2)(H,3,4,5);1H2/q+1;;/p-1. The minimum atomic E-state index is -4.71. The van der Waals surface area contributed by atoms with E-state index in [2.05, 4.69) is 0 Å². The third-order valence-corrected chi connectivity index (χ3v) is 1.62. The van der Waals surface area contributed by atoms with Crippen molar-refractivity contribution in [2.75, 3.05) is 0 Å². The zero-order valence-corrected chi connectivity index (χ0v) is 8.02. The molecule has 0 saturated heterocycles. The van der Waals surface area contributed by atoms with Gasteiger partial charge in [-0.25, -0.2) is 4.21 Å². The number of hydrogen-bond donors (Lipinski definition) is 2. The second-order valence-corrected chi connectivity index (χ2v) is 4.05. The first-order valence-electron chi connectivity index (χ1n) is 1.03. The van der Waals surface area contributed by atoms with E-state index in [9.17, 15) is 12.6 Å². The molecular weight excluding hydrogens is 183 g/mol. The Kier molecular flexibility index (Phi) is 10.5. The molecule has 6 nitrogen and oxygen atoms in total. The van der Waals surface area contributed by atoms with E-state index < -0.39 is 19.3 Å². The molecule has 0 heterocycles. The van der Waals surface area contributed by atoms with Crippen LogP contribution in [0.2, 0.25) is 0 Å². The molecule has 9 heavy (non-hydrogen) atoms. The minimum Gasteiger partial charge on any atom is -0.870 e. The second kappa shape index (κ2) is 5.74. The normalized spacial score (nSPS) is 12.7. The van der Waals surface area contributed by atoms with Crippen LogP contribution in [0.5, 0.6) is 0 Å². The second-order valence-electron chi connectivity index (χ2n) is 0.645. The van der Waals surface area contributed by atoms with Gasteiger partial charge in [0.2, 0.25) is 0 Å². The molecule has 1 unspecified atom stereocenters. The molecule has 9 heteroatoms. The Morgan fingerprint density at radius 3 is 1.44 bits per heavy atom. The first kappa shape index (κ1) is 16.5. The molecule has 0 amide bonds. The van der Waals surface area contributed by atoms with E-state index in [0.29, 0.717) is 0 Å². The van der Waals surface area contributed by atoms with Crippen LogP contribution in [0.4, 0.5) is 0 Å². The van der Waals surface area contributed by atoms with Crippen LogP contribution in [0.15, 0.2) is 0 Å². The van der Waals surface area contributed by atoms with E-state index in [0.717, 1.165) is 0 Å². The zero-order chi connectivity index (χ0) is 6.08. The van der Waals surface area contributed by atoms with Crippen LogP contribution in [0.3, 0.4) is 0 Å². The predicted molar refractivity (Wildman–Crippen MR) is 24.3 cm³/mol. The summed E-state index contributed by atoms with van der Waals surface area (Å²) in [5, 5.41) is 0. The van der Waals surface area contributed by atoms with Crippen molar-refractivity contribution < 1.29 is 56.8 Å². The Bertz CT molecular complexity index is 165. The summed E-state index contributed by atoms with van der Waals surface area (Å²) in [4.78, 5) is 0. The van der Waals surface area contributed by atoms with Gasteiger partial charge in [0, 0.05) is 0 Å². The van der Waals surface area contributed by atoms with Gasteiger partial charge >= 0.3 is 48.8 Å². The van der Waals surface area contributed by atoms with E-state index >= 15 is 0 Å². The van der Waals surface area contributed by atoms with Crippen molar-refractivity contribution in [3.05, 3.63) is 0 Å². The van der Waals surface area contributed by atoms with Gasteiger partial charge in [-0.1, -0.05) is 0 Å². The van der Waals surface area contributed by atoms with Crippen LogP contribution in [-0.4, -0.2) is 27.2 Å². The third-order valence-electron chi connectivity index (χ3n) is 0.180. The largest absolute Gasteiger partial charge is 1.00 e. The van der Waals surface area contributed by atoms with Crippen LogP contribution in [0.1, 0.15) is 0 Å². The molecule has 0 spiro atoms. The minimum absolute atomic E-state index is 0. The Morgan fingerprint density at radius 1 is 1.33 bits per heavy atom. The molecule has 0 radical (unpaired) electrons. The van der Waals surface area contributed by atoms with Crippen molar-refractivity contribution in [1.29, 1.82) is 0 Å². The van der Waals surface area contributed by atoms with Crippen LogP contribution in [0.25, 0.3) is 0 Å². The molecule has 0 aromatic heterocycles. The molecule has 0 rings (SSSR count). The van der Waals surface area contributed by atoms with Gasteiger partial charge in [0.15, 0.2) is 0 Å². The van der Waals surface area contributed by atoms with Crippen molar-refractivity contribution in [1.82, 2.24) is 0 Å². The summed E-state index contributed by atoms with van der Waals surface area (Å²) in [6.07, 6.45) is 0. The SMILES string of the molecule is O=S(O)S(=O)(=O)O.[Na+].[OH-]. The maximum atomic E-state index is 9.34. The molecule has 0 aliphatic rings. The van der Waals surface area contributed by atoms with Crippen LogP contribution >= 0.6 is 0 Å². The monoisotopic (exact) mass is 186 g/mol. The van der Waals surface area contributed by atoms with E-state index in [1.54, 1.807) is 0 Å². The van der Waals surface area contributed by atoms with E-state index in [1.165, 1.54) is 0 Å². The summed E-state index contributed by atoms with van der Waals surface area (Å²) in [5.41, 5.74) is 0. The number of rotatable bonds is 1. The first-order valence-corrected chi connectivity index (χ1v) is 4.10. The first-order chi connectivity index (χ1) is 2.94. The van der Waals surface area contributed by atoms with Crippen molar-refractivity contribution in [3.8, 4) is 0 Å². The van der Waals surface area contributed by atoms with Gasteiger partial charge in [-0.05, 0) is 0 Å². The Balaban J connectivity index is -0.000000180. The average molecular weight is 186 g/mol. The molecule has 0 saturated carbocycles. The summed E-state index contributed by atoms with van der Waals surface area (Å²) >= 11 is 0. The maximum absolute atomic E-state index is 9.34.